The van der Waals surface area contributed by atoms with Gasteiger partial charge in [0.15, 0.2) is 0 Å². The Bertz CT molecular complexity index is 235. The zero-order chi connectivity index (χ0) is 12.0. The van der Waals surface area contributed by atoms with Crippen LogP contribution in [-0.2, 0) is 14.3 Å². The van der Waals surface area contributed by atoms with Crippen LogP contribution in [0.5, 0.6) is 0 Å². The molecule has 0 aliphatic heterocycles. The van der Waals surface area contributed by atoms with Gasteiger partial charge in [0, 0.05) is 13.0 Å². The molecule has 0 aromatic rings. The van der Waals surface area contributed by atoms with Gasteiger partial charge in [0.05, 0.1) is 24.9 Å². The van der Waals surface area contributed by atoms with Crippen molar-refractivity contribution in [3.8, 4) is 0 Å². The van der Waals surface area contributed by atoms with Crippen LogP contribution in [-0.4, -0.2) is 37.4 Å². The maximum Gasteiger partial charge on any atom is 0.237 e. The highest BCUT2D eigenvalue weighted by atomic mass is 16.5. The molecule has 1 saturated carbocycles. The highest BCUT2D eigenvalue weighted by molar-refractivity contribution is 5.84. The van der Waals surface area contributed by atoms with Crippen molar-refractivity contribution in [2.24, 2.45) is 11.5 Å². The van der Waals surface area contributed by atoms with Gasteiger partial charge in [0.25, 0.3) is 0 Å². The molecule has 1 rings (SSSR count). The number of hydrogen-bond donors (Lipinski definition) is 2. The van der Waals surface area contributed by atoms with Crippen molar-refractivity contribution in [2.75, 3.05) is 19.8 Å². The third-order valence-electron chi connectivity index (χ3n) is 3.02. The van der Waals surface area contributed by atoms with Gasteiger partial charge in [-0.05, 0) is 26.2 Å². The molecule has 1 aliphatic rings. The zero-order valence-corrected chi connectivity index (χ0v) is 9.91. The average molecular weight is 230 g/mol. The average Bonchev–Trinajstić information content (AvgIpc) is 2.24. The maximum atomic E-state index is 11.2. The monoisotopic (exact) mass is 230 g/mol. The third kappa shape index (κ3) is 3.73. The first-order valence-electron chi connectivity index (χ1n) is 5.86. The van der Waals surface area contributed by atoms with Crippen LogP contribution in [0.15, 0.2) is 0 Å². The summed E-state index contributed by atoms with van der Waals surface area (Å²) in [7, 11) is 0. The molecule has 94 valence electrons. The largest absolute Gasteiger partial charge is 0.379 e. The van der Waals surface area contributed by atoms with E-state index in [4.69, 9.17) is 20.9 Å². The molecule has 0 aromatic carbocycles. The smallest absolute Gasteiger partial charge is 0.237 e. The Morgan fingerprint density at radius 2 is 2.25 bits per heavy atom. The fourth-order valence-electron chi connectivity index (χ4n) is 2.04. The number of carbonyl (C=O) groups excluding carboxylic acids is 1. The number of amides is 1. The third-order valence-corrected chi connectivity index (χ3v) is 3.02. The SMILES string of the molecule is CCOCCOC1CCCC(N)(C(N)=O)C1. The first-order valence-corrected chi connectivity index (χ1v) is 5.86. The van der Waals surface area contributed by atoms with Crippen LogP contribution in [0.4, 0.5) is 0 Å². The molecule has 5 heteroatoms. The maximum absolute atomic E-state index is 11.2. The number of rotatable bonds is 6. The van der Waals surface area contributed by atoms with Crippen molar-refractivity contribution in [1.29, 1.82) is 0 Å². The highest BCUT2D eigenvalue weighted by Crippen LogP contribution is 2.27. The lowest BCUT2D eigenvalue weighted by Crippen LogP contribution is -2.56. The standard InChI is InChI=1S/C11H22N2O3/c1-2-15-6-7-16-9-4-3-5-11(13,8-9)10(12)14/h9H,2-8,13H2,1H3,(H2,12,14). The fourth-order valence-corrected chi connectivity index (χ4v) is 2.04. The summed E-state index contributed by atoms with van der Waals surface area (Å²) < 4.78 is 10.8. The van der Waals surface area contributed by atoms with Crippen LogP contribution in [0.25, 0.3) is 0 Å². The summed E-state index contributed by atoms with van der Waals surface area (Å²) in [6.45, 7) is 3.77. The minimum absolute atomic E-state index is 0.0340. The van der Waals surface area contributed by atoms with Gasteiger partial charge in [-0.15, -0.1) is 0 Å². The van der Waals surface area contributed by atoms with Crippen molar-refractivity contribution >= 4 is 5.91 Å². The van der Waals surface area contributed by atoms with E-state index in [0.29, 0.717) is 32.7 Å². The lowest BCUT2D eigenvalue weighted by Gasteiger charge is -2.35. The Morgan fingerprint density at radius 3 is 2.88 bits per heavy atom. The summed E-state index contributed by atoms with van der Waals surface area (Å²) >= 11 is 0. The van der Waals surface area contributed by atoms with E-state index < -0.39 is 11.4 Å². The van der Waals surface area contributed by atoms with E-state index in [1.807, 2.05) is 6.92 Å². The van der Waals surface area contributed by atoms with Crippen molar-refractivity contribution in [1.82, 2.24) is 0 Å². The molecule has 0 heterocycles. The predicted molar refractivity (Wildman–Crippen MR) is 60.8 cm³/mol. The molecule has 1 aliphatic carbocycles. The number of primary amides is 1. The minimum atomic E-state index is -0.880. The molecule has 0 bridgehead atoms. The van der Waals surface area contributed by atoms with Gasteiger partial charge in [-0.25, -0.2) is 0 Å². The van der Waals surface area contributed by atoms with E-state index in [1.165, 1.54) is 0 Å². The van der Waals surface area contributed by atoms with Crippen LogP contribution in [0.2, 0.25) is 0 Å². The lowest BCUT2D eigenvalue weighted by molar-refractivity contribution is -0.126. The van der Waals surface area contributed by atoms with Crippen molar-refractivity contribution < 1.29 is 14.3 Å². The lowest BCUT2D eigenvalue weighted by atomic mass is 9.80. The van der Waals surface area contributed by atoms with Crippen LogP contribution < -0.4 is 11.5 Å². The summed E-state index contributed by atoms with van der Waals surface area (Å²) in [5.41, 5.74) is 10.4. The molecule has 2 atom stereocenters. The van der Waals surface area contributed by atoms with Gasteiger partial charge in [0.1, 0.15) is 0 Å². The number of carbonyl (C=O) groups is 1. The van der Waals surface area contributed by atoms with E-state index in [1.54, 1.807) is 0 Å². The van der Waals surface area contributed by atoms with Crippen molar-refractivity contribution in [2.45, 2.75) is 44.2 Å². The van der Waals surface area contributed by atoms with Crippen LogP contribution in [0.3, 0.4) is 0 Å². The van der Waals surface area contributed by atoms with E-state index in [-0.39, 0.29) is 6.10 Å². The van der Waals surface area contributed by atoms with Gasteiger partial charge >= 0.3 is 0 Å². The molecule has 0 radical (unpaired) electrons. The summed E-state index contributed by atoms with van der Waals surface area (Å²) in [6.07, 6.45) is 3.05. The van der Waals surface area contributed by atoms with Gasteiger partial charge < -0.3 is 20.9 Å². The molecule has 2 unspecified atom stereocenters. The van der Waals surface area contributed by atoms with Crippen LogP contribution in [0, 0.1) is 0 Å². The Labute approximate surface area is 96.5 Å². The second-order valence-electron chi connectivity index (χ2n) is 4.31. The van der Waals surface area contributed by atoms with Crippen molar-refractivity contribution in [3.05, 3.63) is 0 Å². The summed E-state index contributed by atoms with van der Waals surface area (Å²) in [4.78, 5) is 11.2. The molecule has 1 fully saturated rings. The molecule has 0 spiro atoms. The Kier molecular flexibility index (Phi) is 5.18. The van der Waals surface area contributed by atoms with E-state index in [2.05, 4.69) is 0 Å². The summed E-state index contributed by atoms with van der Waals surface area (Å²) in [6, 6.07) is 0. The molecule has 5 nitrogen and oxygen atoms in total. The molecule has 1 amide bonds. The normalized spacial score (nSPS) is 30.2. The van der Waals surface area contributed by atoms with Gasteiger partial charge in [-0.1, -0.05) is 0 Å². The minimum Gasteiger partial charge on any atom is -0.379 e. The zero-order valence-electron chi connectivity index (χ0n) is 9.91. The number of hydrogen-bond acceptors (Lipinski definition) is 4. The highest BCUT2D eigenvalue weighted by Gasteiger charge is 2.38. The van der Waals surface area contributed by atoms with E-state index >= 15 is 0 Å². The molecular formula is C11H22N2O3. The fraction of sp³-hybridized carbons (Fsp3) is 0.909. The van der Waals surface area contributed by atoms with Crippen LogP contribution >= 0.6 is 0 Å². The number of nitrogens with two attached hydrogens (primary N) is 2. The Hall–Kier alpha value is -0.650. The summed E-state index contributed by atoms with van der Waals surface area (Å²) in [5.74, 6) is -0.425. The molecule has 0 saturated heterocycles. The second kappa shape index (κ2) is 6.18. The molecule has 0 aromatic heterocycles. The van der Waals surface area contributed by atoms with Crippen LogP contribution in [0.1, 0.15) is 32.6 Å². The predicted octanol–water partition coefficient (Wildman–Crippen LogP) is 0.165. The van der Waals surface area contributed by atoms with Gasteiger partial charge in [-0.2, -0.15) is 0 Å². The Balaban J connectivity index is 2.30. The van der Waals surface area contributed by atoms with E-state index in [0.717, 1.165) is 12.8 Å². The quantitative estimate of drug-likeness (QED) is 0.636. The van der Waals surface area contributed by atoms with Gasteiger partial charge in [0.2, 0.25) is 5.91 Å². The first kappa shape index (κ1) is 13.4. The van der Waals surface area contributed by atoms with Gasteiger partial charge in [-0.3, -0.25) is 4.79 Å². The second-order valence-corrected chi connectivity index (χ2v) is 4.31. The Morgan fingerprint density at radius 1 is 1.50 bits per heavy atom. The first-order chi connectivity index (χ1) is 7.58. The topological polar surface area (TPSA) is 87.6 Å². The molecule has 4 N–H and O–H groups in total. The summed E-state index contributed by atoms with van der Waals surface area (Å²) in [5, 5.41) is 0. The molecule has 16 heavy (non-hydrogen) atoms. The molecular weight excluding hydrogens is 208 g/mol. The van der Waals surface area contributed by atoms with Crippen molar-refractivity contribution in [3.63, 3.8) is 0 Å². The van der Waals surface area contributed by atoms with E-state index in [9.17, 15) is 4.79 Å². The number of ether oxygens (including phenoxy) is 2.